The third-order valence-corrected chi connectivity index (χ3v) is 11.5. The van der Waals surface area contributed by atoms with E-state index in [1.54, 1.807) is 24.0 Å². The molecule has 0 unspecified atom stereocenters. The fourth-order valence-electron chi connectivity index (χ4n) is 3.32. The van der Waals surface area contributed by atoms with Gasteiger partial charge in [-0.05, 0) is 56.1 Å². The largest absolute Gasteiger partial charge is 0.411 e. The van der Waals surface area contributed by atoms with Crippen LogP contribution in [0.3, 0.4) is 0 Å². The maximum absolute atomic E-state index is 13.1. The minimum Gasteiger partial charge on any atom is -0.411 e. The SMILES string of the molecule is Cc1c(NC(=O)N2CC[C@@H](O[Si](C)(C)C(C)(C)C)[C@@]2(C)CO)ccc(C#N)c1Cl. The van der Waals surface area contributed by atoms with Gasteiger partial charge in [0.1, 0.15) is 6.07 Å². The van der Waals surface area contributed by atoms with Crippen LogP contribution in [0.2, 0.25) is 23.2 Å². The molecule has 1 fully saturated rings. The molecule has 6 nitrogen and oxygen atoms in total. The summed E-state index contributed by atoms with van der Waals surface area (Å²) in [6.07, 6.45) is 0.439. The molecule has 1 aromatic carbocycles. The van der Waals surface area contributed by atoms with Gasteiger partial charge in [0, 0.05) is 12.2 Å². The first-order chi connectivity index (χ1) is 13.3. The van der Waals surface area contributed by atoms with Crippen LogP contribution in [0, 0.1) is 18.3 Å². The number of benzene rings is 1. The fraction of sp³-hybridized carbons (Fsp3) is 0.619. The Morgan fingerprint density at radius 2 is 2.10 bits per heavy atom. The zero-order valence-electron chi connectivity index (χ0n) is 18.4. The van der Waals surface area contributed by atoms with Crippen LogP contribution < -0.4 is 5.32 Å². The van der Waals surface area contributed by atoms with Crippen LogP contribution in [0.5, 0.6) is 0 Å². The Labute approximate surface area is 179 Å². The predicted octanol–water partition coefficient (Wildman–Crippen LogP) is 4.90. The lowest BCUT2D eigenvalue weighted by Crippen LogP contribution is -2.58. The molecule has 0 bridgehead atoms. The first kappa shape index (κ1) is 23.7. The van der Waals surface area contributed by atoms with E-state index < -0.39 is 13.9 Å². The smallest absolute Gasteiger partial charge is 0.322 e. The number of nitrogens with zero attached hydrogens (tertiary/aromatic N) is 2. The standard InChI is InChI=1S/C21H32ClN3O3Si/c1-14-16(9-8-15(12-23)18(14)22)24-19(27)25-11-10-17(21(25,5)13-26)28-29(6,7)20(2,3)4/h8-9,17,26H,10-11,13H2,1-7H3,(H,24,27)/t17-,21-/m1/s1. The van der Waals surface area contributed by atoms with Crippen molar-refractivity contribution in [3.63, 3.8) is 0 Å². The third-order valence-electron chi connectivity index (χ3n) is 6.48. The molecule has 1 aliphatic heterocycles. The van der Waals surface area contributed by atoms with E-state index in [1.807, 2.05) is 13.0 Å². The van der Waals surface area contributed by atoms with Gasteiger partial charge in [0.2, 0.25) is 0 Å². The summed E-state index contributed by atoms with van der Waals surface area (Å²) >= 11 is 6.22. The summed E-state index contributed by atoms with van der Waals surface area (Å²) in [7, 11) is -2.06. The number of aliphatic hydroxyl groups excluding tert-OH is 1. The lowest BCUT2D eigenvalue weighted by molar-refractivity contribution is 0.0237. The Bertz CT molecular complexity index is 832. The number of urea groups is 1. The van der Waals surface area contributed by atoms with Gasteiger partial charge in [0.15, 0.2) is 8.32 Å². The molecule has 1 aromatic rings. The molecule has 2 rings (SSSR count). The molecule has 0 radical (unpaired) electrons. The highest BCUT2D eigenvalue weighted by molar-refractivity contribution is 6.74. The molecule has 1 heterocycles. The summed E-state index contributed by atoms with van der Waals surface area (Å²) in [5.74, 6) is 0. The maximum atomic E-state index is 13.1. The number of aliphatic hydroxyl groups is 1. The summed E-state index contributed by atoms with van der Waals surface area (Å²) in [6, 6.07) is 4.98. The average molecular weight is 438 g/mol. The number of anilines is 1. The Morgan fingerprint density at radius 3 is 2.62 bits per heavy atom. The molecule has 0 aliphatic carbocycles. The molecule has 160 valence electrons. The van der Waals surface area contributed by atoms with Gasteiger partial charge in [-0.1, -0.05) is 32.4 Å². The van der Waals surface area contributed by atoms with Crippen LogP contribution in [0.15, 0.2) is 12.1 Å². The van der Waals surface area contributed by atoms with Crippen molar-refractivity contribution in [1.29, 1.82) is 5.26 Å². The van der Waals surface area contributed by atoms with E-state index >= 15 is 0 Å². The molecule has 8 heteroatoms. The lowest BCUT2D eigenvalue weighted by atomic mass is 9.97. The normalized spacial score (nSPS) is 22.5. The van der Waals surface area contributed by atoms with E-state index in [-0.39, 0.29) is 23.8 Å². The molecule has 1 aliphatic rings. The van der Waals surface area contributed by atoms with Crippen molar-refractivity contribution in [3.8, 4) is 6.07 Å². The second-order valence-corrected chi connectivity index (χ2v) is 14.6. The van der Waals surface area contributed by atoms with Crippen LogP contribution in [0.4, 0.5) is 10.5 Å². The van der Waals surface area contributed by atoms with Crippen LogP contribution >= 0.6 is 11.6 Å². The molecular formula is C21H32ClN3O3Si. The quantitative estimate of drug-likeness (QED) is 0.656. The van der Waals surface area contributed by atoms with Crippen LogP contribution in [0.25, 0.3) is 0 Å². The van der Waals surface area contributed by atoms with Crippen molar-refractivity contribution in [1.82, 2.24) is 4.90 Å². The number of carbonyl (C=O) groups excluding carboxylic acids is 1. The summed E-state index contributed by atoms with van der Waals surface area (Å²) in [5, 5.41) is 22.6. The highest BCUT2D eigenvalue weighted by Crippen LogP contribution is 2.42. The fourth-order valence-corrected chi connectivity index (χ4v) is 4.96. The van der Waals surface area contributed by atoms with Gasteiger partial charge >= 0.3 is 6.03 Å². The number of rotatable bonds is 4. The molecule has 2 atom stereocenters. The number of nitriles is 1. The van der Waals surface area contributed by atoms with Gasteiger partial charge in [-0.2, -0.15) is 5.26 Å². The summed E-state index contributed by atoms with van der Waals surface area (Å²) in [4.78, 5) is 14.7. The first-order valence-corrected chi connectivity index (χ1v) is 13.1. The molecule has 0 spiro atoms. The topological polar surface area (TPSA) is 85.6 Å². The third kappa shape index (κ3) is 4.46. The zero-order chi connectivity index (χ0) is 22.2. The molecule has 1 saturated heterocycles. The molecule has 29 heavy (non-hydrogen) atoms. The lowest BCUT2D eigenvalue weighted by Gasteiger charge is -2.44. The summed E-state index contributed by atoms with van der Waals surface area (Å²) in [5.41, 5.74) is 0.738. The van der Waals surface area contributed by atoms with Gasteiger partial charge in [-0.3, -0.25) is 0 Å². The minimum absolute atomic E-state index is 0.0371. The van der Waals surface area contributed by atoms with E-state index in [1.165, 1.54) is 0 Å². The Hall–Kier alpha value is -1.59. The minimum atomic E-state index is -2.06. The second kappa shape index (κ2) is 8.27. The first-order valence-electron chi connectivity index (χ1n) is 9.85. The van der Waals surface area contributed by atoms with E-state index in [4.69, 9.17) is 21.3 Å². The summed E-state index contributed by atoms with van der Waals surface area (Å²) < 4.78 is 6.57. The Morgan fingerprint density at radius 1 is 1.48 bits per heavy atom. The predicted molar refractivity (Wildman–Crippen MR) is 119 cm³/mol. The van der Waals surface area contributed by atoms with Gasteiger partial charge < -0.3 is 19.7 Å². The number of halogens is 1. The highest BCUT2D eigenvalue weighted by atomic mass is 35.5. The molecule has 0 saturated carbocycles. The number of likely N-dealkylation sites (tertiary alicyclic amines) is 1. The highest BCUT2D eigenvalue weighted by Gasteiger charge is 2.51. The second-order valence-electron chi connectivity index (χ2n) is 9.46. The maximum Gasteiger partial charge on any atom is 0.322 e. The van der Waals surface area contributed by atoms with Crippen molar-refractivity contribution in [2.75, 3.05) is 18.5 Å². The van der Waals surface area contributed by atoms with Gasteiger partial charge in [0.05, 0.1) is 28.8 Å². The number of hydrogen-bond donors (Lipinski definition) is 2. The molecule has 2 N–H and O–H groups in total. The van der Waals surface area contributed by atoms with E-state index in [0.29, 0.717) is 34.8 Å². The van der Waals surface area contributed by atoms with Crippen molar-refractivity contribution < 1.29 is 14.3 Å². The number of carbonyl (C=O) groups is 1. The Balaban J connectivity index is 2.24. The van der Waals surface area contributed by atoms with E-state index in [0.717, 1.165) is 0 Å². The molecular weight excluding hydrogens is 406 g/mol. The van der Waals surface area contributed by atoms with E-state index in [9.17, 15) is 9.90 Å². The van der Waals surface area contributed by atoms with Crippen molar-refractivity contribution >= 4 is 31.6 Å². The summed E-state index contributed by atoms with van der Waals surface area (Å²) in [6.45, 7) is 14.8. The zero-order valence-corrected chi connectivity index (χ0v) is 20.1. The number of amides is 2. The molecule has 0 aromatic heterocycles. The Kier molecular flexibility index (Phi) is 6.75. The van der Waals surface area contributed by atoms with Gasteiger partial charge in [-0.25, -0.2) is 4.79 Å². The van der Waals surface area contributed by atoms with Gasteiger partial charge in [-0.15, -0.1) is 0 Å². The van der Waals surface area contributed by atoms with E-state index in [2.05, 4.69) is 39.2 Å². The van der Waals surface area contributed by atoms with Crippen LogP contribution in [-0.4, -0.2) is 49.1 Å². The van der Waals surface area contributed by atoms with Crippen LogP contribution in [0.1, 0.15) is 45.2 Å². The van der Waals surface area contributed by atoms with Crippen molar-refractivity contribution in [3.05, 3.63) is 28.3 Å². The van der Waals surface area contributed by atoms with Gasteiger partial charge in [0.25, 0.3) is 0 Å². The van der Waals surface area contributed by atoms with Crippen molar-refractivity contribution in [2.24, 2.45) is 0 Å². The average Bonchev–Trinajstić information content (AvgIpc) is 2.95. The number of hydrogen-bond acceptors (Lipinski definition) is 4. The van der Waals surface area contributed by atoms with Crippen molar-refractivity contribution in [2.45, 2.75) is 70.8 Å². The van der Waals surface area contributed by atoms with Crippen LogP contribution in [-0.2, 0) is 4.43 Å². The number of nitrogens with one attached hydrogen (secondary N) is 1. The molecule has 2 amide bonds. The monoisotopic (exact) mass is 437 g/mol.